The van der Waals surface area contributed by atoms with Crippen LogP contribution in [0.15, 0.2) is 95.3 Å². The second-order valence-electron chi connectivity index (χ2n) is 23.0. The normalized spacial score (nSPS) is 16.3. The van der Waals surface area contributed by atoms with Crippen molar-refractivity contribution in [2.45, 2.75) is 250 Å². The zero-order chi connectivity index (χ0) is 57.4. The number of fused-ring (bicyclic) bond motifs is 3. The molecule has 1 atom stereocenters. The fourth-order valence-electron chi connectivity index (χ4n) is 13.2. The van der Waals surface area contributed by atoms with E-state index in [1.54, 1.807) is 35.6 Å². The van der Waals surface area contributed by atoms with Gasteiger partial charge in [-0.05, 0) is 85.6 Å². The summed E-state index contributed by atoms with van der Waals surface area (Å²) < 4.78 is 54.1. The Morgan fingerprint density at radius 3 is 1.46 bits per heavy atom. The van der Waals surface area contributed by atoms with Crippen LogP contribution in [0, 0.1) is 34.0 Å². The van der Waals surface area contributed by atoms with Crippen LogP contribution in [0.4, 0.5) is 18.9 Å². The monoisotopic (exact) mass is 1130 g/mol. The Bertz CT molecular complexity index is 2720. The molecule has 0 bridgehead atoms. The number of rotatable bonds is 36. The number of benzene rings is 2. The first kappa shape index (κ1) is 64.1. The summed E-state index contributed by atoms with van der Waals surface area (Å²) in [5.41, 5.74) is -0.0260. The van der Waals surface area contributed by atoms with Gasteiger partial charge in [0, 0.05) is 60.3 Å². The molecule has 0 radical (unpaired) electrons. The van der Waals surface area contributed by atoms with Crippen molar-refractivity contribution in [3.05, 3.63) is 117 Å². The van der Waals surface area contributed by atoms with E-state index < -0.39 is 34.3 Å². The van der Waals surface area contributed by atoms with Crippen molar-refractivity contribution >= 4 is 34.4 Å². The van der Waals surface area contributed by atoms with E-state index in [1.165, 1.54) is 164 Å². The summed E-state index contributed by atoms with van der Waals surface area (Å²) in [7, 11) is 0. The number of thiophene rings is 2. The molecule has 2 aromatic carbocycles. The van der Waals surface area contributed by atoms with Gasteiger partial charge in [-0.25, -0.2) is 0 Å². The van der Waals surface area contributed by atoms with E-state index in [2.05, 4.69) is 82.8 Å². The van der Waals surface area contributed by atoms with Gasteiger partial charge >= 0.3 is 6.18 Å². The molecule has 0 saturated carbocycles. The van der Waals surface area contributed by atoms with Crippen LogP contribution in [0.1, 0.15) is 249 Å². The summed E-state index contributed by atoms with van der Waals surface area (Å²) >= 11 is 3.55. The molecule has 0 N–H and O–H groups in total. The molecule has 3 heterocycles. The molecule has 1 aliphatic carbocycles. The summed E-state index contributed by atoms with van der Waals surface area (Å²) in [5, 5.41) is 30.7. The number of halogens is 3. The Morgan fingerprint density at radius 1 is 0.550 bits per heavy atom. The SMILES string of the molecule is CCCCCCCN(CCCCCC)c1ccc(-c2cc3c(s2)-c2sc(/C=C/C4=C(C#N)C(=C(C#N)C#N)OC4(c4ccccc4)C(F)(F)F)cc2C(CCCCCC)(CCCCCC)C3(CCCCCC)CCCCCC)cc1. The van der Waals surface area contributed by atoms with Crippen LogP contribution < -0.4 is 4.90 Å². The van der Waals surface area contributed by atoms with Crippen molar-refractivity contribution in [3.8, 4) is 38.4 Å². The summed E-state index contributed by atoms with van der Waals surface area (Å²) in [6, 6.07) is 27.0. The summed E-state index contributed by atoms with van der Waals surface area (Å²) in [4.78, 5) is 7.21. The fraction of sp³-hybridized carbons (Fsp3) is 0.586. The van der Waals surface area contributed by atoms with Crippen molar-refractivity contribution in [1.29, 1.82) is 15.8 Å². The Balaban J connectivity index is 1.62. The number of anilines is 1. The summed E-state index contributed by atoms with van der Waals surface area (Å²) in [5.74, 6) is -0.649. The van der Waals surface area contributed by atoms with Crippen LogP contribution in [0.2, 0.25) is 0 Å². The molecule has 0 spiro atoms. The van der Waals surface area contributed by atoms with Crippen molar-refractivity contribution in [2.24, 2.45) is 0 Å². The number of hydrogen-bond acceptors (Lipinski definition) is 7. The minimum absolute atomic E-state index is 0.168. The maximum atomic E-state index is 16.1. The number of hydrogen-bond donors (Lipinski definition) is 0. The van der Waals surface area contributed by atoms with Gasteiger partial charge in [-0.15, -0.1) is 22.7 Å². The van der Waals surface area contributed by atoms with E-state index in [0.29, 0.717) is 0 Å². The molecule has 432 valence electrons. The lowest BCUT2D eigenvalue weighted by Gasteiger charge is -2.55. The summed E-state index contributed by atoms with van der Waals surface area (Å²) in [6.45, 7) is 15.8. The molecule has 80 heavy (non-hydrogen) atoms. The van der Waals surface area contributed by atoms with Gasteiger partial charge in [0.1, 0.15) is 23.8 Å². The molecule has 10 heteroatoms. The molecule has 1 unspecified atom stereocenters. The van der Waals surface area contributed by atoms with Crippen LogP contribution >= 0.6 is 22.7 Å². The highest BCUT2D eigenvalue weighted by Crippen LogP contribution is 2.67. The van der Waals surface area contributed by atoms with Gasteiger partial charge in [-0.2, -0.15) is 29.0 Å². The minimum Gasteiger partial charge on any atom is -0.465 e. The molecule has 2 aromatic heterocycles. The van der Waals surface area contributed by atoms with Gasteiger partial charge in [0.15, 0.2) is 11.3 Å². The lowest BCUT2D eigenvalue weighted by atomic mass is 9.48. The van der Waals surface area contributed by atoms with Gasteiger partial charge in [-0.1, -0.05) is 238 Å². The first-order valence-electron chi connectivity index (χ1n) is 31.3. The standard InChI is InChI=1S/C70H93F3N4OS2/c1-7-13-19-25-34-48-77(47-33-24-18-12-6)57-39-37-54(38-40-57)63-50-62-66(80-63)65-61(67(43-29-20-14-8-2,44-30-21-15-9-3)68(62,45-31-22-16-10-4)46-32-23-17-11-5)49-58(79-65)41-42-60-59(53-76)64(55(51-74)52-75)78-69(60,70(71,72)73)56-35-27-26-28-36-56/h26-28,35-42,49-50H,7-25,29-34,43-48H2,1-6H3/b42-41+. The Hall–Kier alpha value is -5.08. The Labute approximate surface area is 489 Å². The largest absolute Gasteiger partial charge is 0.465 e. The zero-order valence-corrected chi connectivity index (χ0v) is 51.2. The number of unbranched alkanes of at least 4 members (excludes halogenated alkanes) is 19. The molecule has 2 aliphatic rings. The van der Waals surface area contributed by atoms with Gasteiger partial charge < -0.3 is 9.64 Å². The molecule has 0 amide bonds. The van der Waals surface area contributed by atoms with E-state index >= 15 is 13.2 Å². The summed E-state index contributed by atoms with van der Waals surface area (Å²) in [6.07, 6.45) is 32.0. The average molecular weight is 1130 g/mol. The second kappa shape index (κ2) is 31.9. The van der Waals surface area contributed by atoms with Crippen molar-refractivity contribution in [1.82, 2.24) is 0 Å². The predicted molar refractivity (Wildman–Crippen MR) is 332 cm³/mol. The molecule has 0 fully saturated rings. The van der Waals surface area contributed by atoms with E-state index in [9.17, 15) is 15.8 Å². The molecule has 6 rings (SSSR count). The third-order valence-electron chi connectivity index (χ3n) is 17.5. The first-order chi connectivity index (χ1) is 38.9. The number of nitrogens with zero attached hydrogens (tertiary/aromatic N) is 4. The van der Waals surface area contributed by atoms with Crippen LogP contribution in [-0.4, -0.2) is 19.3 Å². The Morgan fingerprint density at radius 2 is 1.00 bits per heavy atom. The van der Waals surface area contributed by atoms with Gasteiger partial charge in [0.05, 0.1) is 0 Å². The molecule has 0 saturated heterocycles. The first-order valence-corrected chi connectivity index (χ1v) is 32.9. The third-order valence-corrected chi connectivity index (χ3v) is 19.9. The molecular weight excluding hydrogens is 1030 g/mol. The molecule has 4 aromatic rings. The van der Waals surface area contributed by atoms with Crippen molar-refractivity contribution in [3.63, 3.8) is 0 Å². The maximum Gasteiger partial charge on any atom is 0.437 e. The molecule has 5 nitrogen and oxygen atoms in total. The average Bonchev–Trinajstić information content (AvgIpc) is 3.83. The third kappa shape index (κ3) is 14.7. The highest BCUT2D eigenvalue weighted by Gasteiger charge is 2.65. The van der Waals surface area contributed by atoms with E-state index in [1.807, 2.05) is 17.4 Å². The molecular formula is C70H93F3N4OS2. The maximum absolute atomic E-state index is 16.1. The van der Waals surface area contributed by atoms with Crippen LogP contribution in [0.3, 0.4) is 0 Å². The lowest BCUT2D eigenvalue weighted by molar-refractivity contribution is -0.249. The molecule has 1 aliphatic heterocycles. The highest BCUT2D eigenvalue weighted by atomic mass is 32.1. The quantitative estimate of drug-likeness (QED) is 0.0335. The predicted octanol–water partition coefficient (Wildman–Crippen LogP) is 22.5. The topological polar surface area (TPSA) is 83.8 Å². The lowest BCUT2D eigenvalue weighted by Crippen LogP contribution is -2.51. The number of nitriles is 3. The van der Waals surface area contributed by atoms with Gasteiger partial charge in [-0.3, -0.25) is 0 Å². The minimum atomic E-state index is -5.08. The number of ether oxygens (including phenoxy) is 1. The number of allylic oxidation sites excluding steroid dienone is 2. The van der Waals surface area contributed by atoms with E-state index in [0.717, 1.165) is 108 Å². The van der Waals surface area contributed by atoms with Crippen LogP contribution in [0.25, 0.3) is 26.3 Å². The Kier molecular flexibility index (Phi) is 25.6. The number of alkyl halides is 3. The smallest absolute Gasteiger partial charge is 0.437 e. The fourth-order valence-corrected chi connectivity index (χ4v) is 15.8. The van der Waals surface area contributed by atoms with Gasteiger partial charge in [0.2, 0.25) is 0 Å². The van der Waals surface area contributed by atoms with Crippen molar-refractivity contribution in [2.75, 3.05) is 18.0 Å². The van der Waals surface area contributed by atoms with E-state index in [-0.39, 0.29) is 16.4 Å². The van der Waals surface area contributed by atoms with Crippen LogP contribution in [-0.2, 0) is 21.2 Å². The van der Waals surface area contributed by atoms with Gasteiger partial charge in [0.25, 0.3) is 5.60 Å². The second-order valence-corrected chi connectivity index (χ2v) is 25.1. The van der Waals surface area contributed by atoms with Crippen molar-refractivity contribution < 1.29 is 17.9 Å². The highest BCUT2D eigenvalue weighted by molar-refractivity contribution is 7.24. The zero-order valence-electron chi connectivity index (χ0n) is 49.6. The van der Waals surface area contributed by atoms with E-state index in [4.69, 9.17) is 4.74 Å². The van der Waals surface area contributed by atoms with Crippen LogP contribution in [0.5, 0.6) is 0 Å².